The van der Waals surface area contributed by atoms with E-state index in [9.17, 15) is 8.42 Å². The second kappa shape index (κ2) is 6.60. The predicted octanol–water partition coefficient (Wildman–Crippen LogP) is 2.36. The lowest BCUT2D eigenvalue weighted by Crippen LogP contribution is -2.17. The minimum absolute atomic E-state index is 0.166. The van der Waals surface area contributed by atoms with Crippen LogP contribution in [0.25, 0.3) is 0 Å². The molecule has 0 fully saturated rings. The largest absolute Gasteiger partial charge is 0.398 e. The van der Waals surface area contributed by atoms with Gasteiger partial charge in [-0.3, -0.25) is 4.72 Å². The molecule has 0 spiro atoms. The van der Waals surface area contributed by atoms with Gasteiger partial charge in [0.2, 0.25) is 10.0 Å². The van der Waals surface area contributed by atoms with Gasteiger partial charge in [0.05, 0.1) is 18.0 Å². The van der Waals surface area contributed by atoms with Crippen molar-refractivity contribution in [2.75, 3.05) is 17.6 Å². The van der Waals surface area contributed by atoms with Crippen molar-refractivity contribution in [3.05, 3.63) is 59.7 Å². The zero-order valence-electron chi connectivity index (χ0n) is 11.7. The van der Waals surface area contributed by atoms with Crippen molar-refractivity contribution >= 4 is 21.4 Å². The standard InChI is InChI=1S/C15H18N2O3S/c1-20-10-12-6-3-5-9-15(12)17-21(18,19)11-13-7-2-4-8-14(13)16/h2-9,17H,10-11,16H2,1H3. The normalized spacial score (nSPS) is 11.3. The van der Waals surface area contributed by atoms with Crippen LogP contribution in [0, 0.1) is 0 Å². The number of rotatable bonds is 6. The second-order valence-electron chi connectivity index (χ2n) is 4.65. The van der Waals surface area contributed by atoms with E-state index >= 15 is 0 Å². The summed E-state index contributed by atoms with van der Waals surface area (Å²) >= 11 is 0. The third-order valence-electron chi connectivity index (χ3n) is 2.98. The molecule has 21 heavy (non-hydrogen) atoms. The van der Waals surface area contributed by atoms with Crippen molar-refractivity contribution in [1.29, 1.82) is 0 Å². The van der Waals surface area contributed by atoms with Gasteiger partial charge in [-0.1, -0.05) is 36.4 Å². The van der Waals surface area contributed by atoms with Crippen molar-refractivity contribution in [3.63, 3.8) is 0 Å². The van der Waals surface area contributed by atoms with Gasteiger partial charge < -0.3 is 10.5 Å². The number of anilines is 2. The van der Waals surface area contributed by atoms with Crippen LogP contribution in [-0.4, -0.2) is 15.5 Å². The highest BCUT2D eigenvalue weighted by atomic mass is 32.2. The number of nitrogen functional groups attached to an aromatic ring is 1. The van der Waals surface area contributed by atoms with Crippen LogP contribution in [0.5, 0.6) is 0 Å². The molecule has 0 aliphatic carbocycles. The van der Waals surface area contributed by atoms with Crippen LogP contribution in [0.4, 0.5) is 11.4 Å². The van der Waals surface area contributed by atoms with Crippen LogP contribution >= 0.6 is 0 Å². The molecule has 112 valence electrons. The van der Waals surface area contributed by atoms with Gasteiger partial charge in [-0.15, -0.1) is 0 Å². The van der Waals surface area contributed by atoms with Crippen molar-refractivity contribution < 1.29 is 13.2 Å². The zero-order valence-corrected chi connectivity index (χ0v) is 12.6. The summed E-state index contributed by atoms with van der Waals surface area (Å²) in [5, 5.41) is 0. The minimum Gasteiger partial charge on any atom is -0.398 e. The fraction of sp³-hybridized carbons (Fsp3) is 0.200. The molecule has 0 radical (unpaired) electrons. The number of hydrogen-bond acceptors (Lipinski definition) is 4. The van der Waals surface area contributed by atoms with Gasteiger partial charge in [-0.2, -0.15) is 0 Å². The third-order valence-corrected chi connectivity index (χ3v) is 4.21. The topological polar surface area (TPSA) is 81.4 Å². The van der Waals surface area contributed by atoms with E-state index < -0.39 is 10.0 Å². The van der Waals surface area contributed by atoms with E-state index in [1.807, 2.05) is 12.1 Å². The van der Waals surface area contributed by atoms with Crippen LogP contribution in [0.2, 0.25) is 0 Å². The highest BCUT2D eigenvalue weighted by Crippen LogP contribution is 2.20. The molecule has 3 N–H and O–H groups in total. The lowest BCUT2D eigenvalue weighted by Gasteiger charge is -2.13. The molecule has 2 aromatic rings. The van der Waals surface area contributed by atoms with Crippen LogP contribution in [0.1, 0.15) is 11.1 Å². The van der Waals surface area contributed by atoms with E-state index in [2.05, 4.69) is 4.72 Å². The molecule has 2 rings (SSSR count). The van der Waals surface area contributed by atoms with E-state index in [-0.39, 0.29) is 5.75 Å². The molecular weight excluding hydrogens is 288 g/mol. The lowest BCUT2D eigenvalue weighted by atomic mass is 10.2. The van der Waals surface area contributed by atoms with Crippen LogP contribution in [0.15, 0.2) is 48.5 Å². The number of para-hydroxylation sites is 2. The lowest BCUT2D eigenvalue weighted by molar-refractivity contribution is 0.185. The Balaban J connectivity index is 2.20. The first-order chi connectivity index (χ1) is 10.0. The molecule has 0 unspecified atom stereocenters. The Morgan fingerprint density at radius 1 is 1.05 bits per heavy atom. The first-order valence-corrected chi connectivity index (χ1v) is 8.08. The summed E-state index contributed by atoms with van der Waals surface area (Å²) in [6, 6.07) is 14.1. The summed E-state index contributed by atoms with van der Waals surface area (Å²) in [5.74, 6) is -0.166. The van der Waals surface area contributed by atoms with Gasteiger partial charge >= 0.3 is 0 Å². The highest BCUT2D eigenvalue weighted by Gasteiger charge is 2.15. The Bertz CT molecular complexity index is 714. The van der Waals surface area contributed by atoms with E-state index in [4.69, 9.17) is 10.5 Å². The number of nitrogens with one attached hydrogen (secondary N) is 1. The van der Waals surface area contributed by atoms with E-state index in [0.717, 1.165) is 5.56 Å². The molecule has 0 bridgehead atoms. The van der Waals surface area contributed by atoms with Crippen LogP contribution in [0.3, 0.4) is 0 Å². The van der Waals surface area contributed by atoms with Gasteiger partial charge in [0.1, 0.15) is 0 Å². The van der Waals surface area contributed by atoms with Gasteiger partial charge in [0.25, 0.3) is 0 Å². The molecule has 0 saturated carbocycles. The maximum absolute atomic E-state index is 12.3. The van der Waals surface area contributed by atoms with Crippen LogP contribution < -0.4 is 10.5 Å². The Kier molecular flexibility index (Phi) is 4.82. The highest BCUT2D eigenvalue weighted by molar-refractivity contribution is 7.91. The molecule has 0 aliphatic rings. The number of benzene rings is 2. The van der Waals surface area contributed by atoms with E-state index in [1.54, 1.807) is 43.5 Å². The van der Waals surface area contributed by atoms with E-state index in [0.29, 0.717) is 23.5 Å². The molecule has 2 aromatic carbocycles. The SMILES string of the molecule is COCc1ccccc1NS(=O)(=O)Cc1ccccc1N. The van der Waals surface area contributed by atoms with Gasteiger partial charge in [0, 0.05) is 18.4 Å². The summed E-state index contributed by atoms with van der Waals surface area (Å²) in [4.78, 5) is 0. The summed E-state index contributed by atoms with van der Waals surface area (Å²) in [5.41, 5.74) is 8.13. The quantitative estimate of drug-likeness (QED) is 0.803. The van der Waals surface area contributed by atoms with Crippen molar-refractivity contribution in [2.24, 2.45) is 0 Å². The Labute approximate surface area is 124 Å². The van der Waals surface area contributed by atoms with Gasteiger partial charge in [-0.25, -0.2) is 8.42 Å². The number of hydrogen-bond donors (Lipinski definition) is 2. The average Bonchev–Trinajstić information content (AvgIpc) is 2.43. The number of sulfonamides is 1. The Morgan fingerprint density at radius 2 is 1.67 bits per heavy atom. The Hall–Kier alpha value is -2.05. The predicted molar refractivity (Wildman–Crippen MR) is 84.3 cm³/mol. The molecule has 5 nitrogen and oxygen atoms in total. The van der Waals surface area contributed by atoms with Crippen molar-refractivity contribution in [2.45, 2.75) is 12.4 Å². The maximum Gasteiger partial charge on any atom is 0.237 e. The van der Waals surface area contributed by atoms with Crippen molar-refractivity contribution in [1.82, 2.24) is 0 Å². The summed E-state index contributed by atoms with van der Waals surface area (Å²) < 4.78 is 32.2. The summed E-state index contributed by atoms with van der Waals surface area (Å²) in [6.45, 7) is 0.339. The number of methoxy groups -OCH3 is 1. The zero-order chi connectivity index (χ0) is 15.3. The number of nitrogens with two attached hydrogens (primary N) is 1. The van der Waals surface area contributed by atoms with Crippen LogP contribution in [-0.2, 0) is 27.1 Å². The fourth-order valence-corrected chi connectivity index (χ4v) is 3.25. The van der Waals surface area contributed by atoms with Gasteiger partial charge in [0.15, 0.2) is 0 Å². The molecule has 6 heteroatoms. The second-order valence-corrected chi connectivity index (χ2v) is 6.37. The summed E-state index contributed by atoms with van der Waals surface area (Å²) in [7, 11) is -1.97. The molecule has 0 aliphatic heterocycles. The smallest absolute Gasteiger partial charge is 0.237 e. The first kappa shape index (κ1) is 15.3. The third kappa shape index (κ3) is 4.21. The summed E-state index contributed by atoms with van der Waals surface area (Å²) in [6.07, 6.45) is 0. The van der Waals surface area contributed by atoms with E-state index in [1.165, 1.54) is 0 Å². The molecule has 0 atom stereocenters. The first-order valence-electron chi connectivity index (χ1n) is 6.42. The Morgan fingerprint density at radius 3 is 2.33 bits per heavy atom. The monoisotopic (exact) mass is 306 g/mol. The molecule has 0 aromatic heterocycles. The fourth-order valence-electron chi connectivity index (χ4n) is 1.98. The average molecular weight is 306 g/mol. The molecule has 0 heterocycles. The number of ether oxygens (including phenoxy) is 1. The molecular formula is C15H18N2O3S. The van der Waals surface area contributed by atoms with Crippen molar-refractivity contribution in [3.8, 4) is 0 Å². The molecule has 0 amide bonds. The minimum atomic E-state index is -3.54. The molecule has 0 saturated heterocycles. The maximum atomic E-state index is 12.3. The van der Waals surface area contributed by atoms with Gasteiger partial charge in [-0.05, 0) is 17.7 Å².